The molecule has 2 aromatic carbocycles. The predicted octanol–water partition coefficient (Wildman–Crippen LogP) is 4.88. The van der Waals surface area contributed by atoms with Gasteiger partial charge in [0.15, 0.2) is 0 Å². The van der Waals surface area contributed by atoms with Crippen molar-refractivity contribution in [3.8, 4) is 0 Å². The van der Waals surface area contributed by atoms with Crippen LogP contribution in [0.3, 0.4) is 0 Å². The van der Waals surface area contributed by atoms with E-state index < -0.39 is 0 Å². The van der Waals surface area contributed by atoms with E-state index in [9.17, 15) is 4.79 Å². The summed E-state index contributed by atoms with van der Waals surface area (Å²) in [5, 5.41) is 3.10. The van der Waals surface area contributed by atoms with Gasteiger partial charge in [0.2, 0.25) is 0 Å². The maximum Gasteiger partial charge on any atom is 0.255 e. The molecule has 1 amide bonds. The highest BCUT2D eigenvalue weighted by molar-refractivity contribution is 6.06. The lowest BCUT2D eigenvalue weighted by molar-refractivity contribution is 0.102. The fourth-order valence-corrected chi connectivity index (χ4v) is 3.25. The third-order valence-electron chi connectivity index (χ3n) is 4.72. The third-order valence-corrected chi connectivity index (χ3v) is 4.72. The lowest BCUT2D eigenvalue weighted by Crippen LogP contribution is -2.25. The molecule has 1 fully saturated rings. The SMILES string of the molecule is CCc1ccc(C(=O)Nc2ccccc2N2CCCCCC2)cc1. The summed E-state index contributed by atoms with van der Waals surface area (Å²) in [5.74, 6) is -0.0417. The number of amides is 1. The number of nitrogens with zero attached hydrogens (tertiary/aromatic N) is 1. The summed E-state index contributed by atoms with van der Waals surface area (Å²) in [6.07, 6.45) is 6.03. The second kappa shape index (κ2) is 8.00. The highest BCUT2D eigenvalue weighted by Gasteiger charge is 2.15. The van der Waals surface area contributed by atoms with Crippen molar-refractivity contribution < 1.29 is 4.79 Å². The van der Waals surface area contributed by atoms with Crippen molar-refractivity contribution >= 4 is 17.3 Å². The smallest absolute Gasteiger partial charge is 0.255 e. The first-order valence-electron chi connectivity index (χ1n) is 9.02. The highest BCUT2D eigenvalue weighted by atomic mass is 16.1. The van der Waals surface area contributed by atoms with Gasteiger partial charge >= 0.3 is 0 Å². The number of nitrogens with one attached hydrogen (secondary N) is 1. The van der Waals surface area contributed by atoms with Crippen LogP contribution < -0.4 is 10.2 Å². The molecule has 1 aliphatic heterocycles. The van der Waals surface area contributed by atoms with Crippen molar-refractivity contribution in [1.82, 2.24) is 0 Å². The van der Waals surface area contributed by atoms with Gasteiger partial charge in [-0.1, -0.05) is 44.0 Å². The Labute approximate surface area is 144 Å². The van der Waals surface area contributed by atoms with Gasteiger partial charge in [0, 0.05) is 18.7 Å². The molecule has 0 radical (unpaired) electrons. The molecule has 24 heavy (non-hydrogen) atoms. The molecule has 3 nitrogen and oxygen atoms in total. The summed E-state index contributed by atoms with van der Waals surface area (Å²) < 4.78 is 0. The van der Waals surface area contributed by atoms with Crippen molar-refractivity contribution in [3.63, 3.8) is 0 Å². The van der Waals surface area contributed by atoms with Crippen LogP contribution in [0.1, 0.15) is 48.5 Å². The molecular formula is C21H26N2O. The lowest BCUT2D eigenvalue weighted by atomic mass is 10.1. The van der Waals surface area contributed by atoms with Crippen LogP contribution in [0.25, 0.3) is 0 Å². The number of carbonyl (C=O) groups excluding carboxylic acids is 1. The second-order valence-electron chi connectivity index (χ2n) is 6.42. The van der Waals surface area contributed by atoms with Gasteiger partial charge in [-0.25, -0.2) is 0 Å². The van der Waals surface area contributed by atoms with Crippen molar-refractivity contribution in [2.75, 3.05) is 23.3 Å². The zero-order chi connectivity index (χ0) is 16.8. The molecule has 1 heterocycles. The van der Waals surface area contributed by atoms with Crippen LogP contribution in [-0.4, -0.2) is 19.0 Å². The molecule has 0 aromatic heterocycles. The van der Waals surface area contributed by atoms with E-state index in [0.717, 1.165) is 30.9 Å². The van der Waals surface area contributed by atoms with Crippen LogP contribution in [-0.2, 0) is 6.42 Å². The Kier molecular flexibility index (Phi) is 5.52. The number of anilines is 2. The Morgan fingerprint density at radius 3 is 2.29 bits per heavy atom. The molecule has 1 saturated heterocycles. The maximum atomic E-state index is 12.6. The summed E-state index contributed by atoms with van der Waals surface area (Å²) in [6.45, 7) is 4.25. The zero-order valence-electron chi connectivity index (χ0n) is 14.4. The second-order valence-corrected chi connectivity index (χ2v) is 6.42. The minimum absolute atomic E-state index is 0.0417. The molecule has 0 aliphatic carbocycles. The normalized spacial score (nSPS) is 15.0. The summed E-state index contributed by atoms with van der Waals surface area (Å²) in [5.41, 5.74) is 4.00. The van der Waals surface area contributed by atoms with E-state index in [-0.39, 0.29) is 5.91 Å². The van der Waals surface area contributed by atoms with E-state index in [0.29, 0.717) is 5.56 Å². The molecule has 0 saturated carbocycles. The molecule has 0 bridgehead atoms. The van der Waals surface area contributed by atoms with E-state index in [1.54, 1.807) is 0 Å². The summed E-state index contributed by atoms with van der Waals surface area (Å²) in [6, 6.07) is 16.0. The van der Waals surface area contributed by atoms with Gasteiger partial charge in [-0.2, -0.15) is 0 Å². The number of para-hydroxylation sites is 2. The minimum atomic E-state index is -0.0417. The molecule has 3 rings (SSSR count). The fourth-order valence-electron chi connectivity index (χ4n) is 3.25. The van der Waals surface area contributed by atoms with Crippen LogP contribution in [0, 0.1) is 0 Å². The first-order chi connectivity index (χ1) is 11.8. The first-order valence-corrected chi connectivity index (χ1v) is 9.02. The van der Waals surface area contributed by atoms with Crippen molar-refractivity contribution in [1.29, 1.82) is 0 Å². The first kappa shape index (κ1) is 16.6. The summed E-state index contributed by atoms with van der Waals surface area (Å²) in [4.78, 5) is 15.0. The quantitative estimate of drug-likeness (QED) is 0.870. The minimum Gasteiger partial charge on any atom is -0.370 e. The van der Waals surface area contributed by atoms with Crippen molar-refractivity contribution in [3.05, 3.63) is 59.7 Å². The van der Waals surface area contributed by atoms with Crippen LogP contribution in [0.15, 0.2) is 48.5 Å². The Hall–Kier alpha value is -2.29. The Morgan fingerprint density at radius 2 is 1.62 bits per heavy atom. The zero-order valence-corrected chi connectivity index (χ0v) is 14.4. The molecule has 2 aromatic rings. The van der Waals surface area contributed by atoms with Gasteiger partial charge in [-0.15, -0.1) is 0 Å². The molecule has 126 valence electrons. The number of hydrogen-bond acceptors (Lipinski definition) is 2. The van der Waals surface area contributed by atoms with Crippen LogP contribution in [0.5, 0.6) is 0 Å². The number of hydrogen-bond donors (Lipinski definition) is 1. The van der Waals surface area contributed by atoms with Crippen LogP contribution in [0.2, 0.25) is 0 Å². The summed E-state index contributed by atoms with van der Waals surface area (Å²) in [7, 11) is 0. The molecule has 0 atom stereocenters. The van der Waals surface area contributed by atoms with E-state index in [1.165, 1.54) is 31.2 Å². The Morgan fingerprint density at radius 1 is 0.958 bits per heavy atom. The van der Waals surface area contributed by atoms with Gasteiger partial charge in [0.05, 0.1) is 11.4 Å². The molecular weight excluding hydrogens is 296 g/mol. The van der Waals surface area contributed by atoms with Crippen LogP contribution >= 0.6 is 0 Å². The van der Waals surface area contributed by atoms with E-state index >= 15 is 0 Å². The van der Waals surface area contributed by atoms with Gasteiger partial charge in [0.25, 0.3) is 5.91 Å². The standard InChI is InChI=1S/C21H26N2O/c1-2-17-11-13-18(14-12-17)21(24)22-19-9-5-6-10-20(19)23-15-7-3-4-8-16-23/h5-6,9-14H,2-4,7-8,15-16H2,1H3,(H,22,24). The maximum absolute atomic E-state index is 12.6. The largest absolute Gasteiger partial charge is 0.370 e. The van der Waals surface area contributed by atoms with E-state index in [2.05, 4.69) is 23.2 Å². The van der Waals surface area contributed by atoms with Gasteiger partial charge in [-0.3, -0.25) is 4.79 Å². The number of carbonyl (C=O) groups is 1. The Balaban J connectivity index is 1.77. The Bertz CT molecular complexity index is 670. The molecule has 0 unspecified atom stereocenters. The van der Waals surface area contributed by atoms with Gasteiger partial charge in [0.1, 0.15) is 0 Å². The van der Waals surface area contributed by atoms with Gasteiger partial charge in [-0.05, 0) is 49.1 Å². The molecule has 3 heteroatoms. The average Bonchev–Trinajstić information content (AvgIpc) is 2.91. The van der Waals surface area contributed by atoms with E-state index in [1.807, 2.05) is 42.5 Å². The van der Waals surface area contributed by atoms with Gasteiger partial charge < -0.3 is 10.2 Å². The number of rotatable bonds is 4. The molecule has 1 aliphatic rings. The molecule has 0 spiro atoms. The van der Waals surface area contributed by atoms with Crippen LogP contribution in [0.4, 0.5) is 11.4 Å². The number of benzene rings is 2. The predicted molar refractivity (Wildman–Crippen MR) is 101 cm³/mol. The van der Waals surface area contributed by atoms with Crippen molar-refractivity contribution in [2.24, 2.45) is 0 Å². The highest BCUT2D eigenvalue weighted by Crippen LogP contribution is 2.28. The number of aryl methyl sites for hydroxylation is 1. The van der Waals surface area contributed by atoms with E-state index in [4.69, 9.17) is 0 Å². The summed E-state index contributed by atoms with van der Waals surface area (Å²) >= 11 is 0. The monoisotopic (exact) mass is 322 g/mol. The lowest BCUT2D eigenvalue weighted by Gasteiger charge is -2.25. The van der Waals surface area contributed by atoms with Crippen molar-refractivity contribution in [2.45, 2.75) is 39.0 Å². The average molecular weight is 322 g/mol. The third kappa shape index (κ3) is 3.97. The molecule has 1 N–H and O–H groups in total. The fraction of sp³-hybridized carbons (Fsp3) is 0.381. The topological polar surface area (TPSA) is 32.3 Å².